The fourth-order valence-electron chi connectivity index (χ4n) is 4.06. The van der Waals surface area contributed by atoms with E-state index >= 15 is 0 Å². The number of thiazole rings is 2. The molecule has 4 aromatic rings. The first-order chi connectivity index (χ1) is 14.7. The van der Waals surface area contributed by atoms with Gasteiger partial charge in [0.2, 0.25) is 0 Å². The molecule has 152 valence electrons. The van der Waals surface area contributed by atoms with E-state index in [1.54, 1.807) is 29.8 Å². The maximum atomic E-state index is 5.67. The summed E-state index contributed by atoms with van der Waals surface area (Å²) in [5.41, 5.74) is 4.65. The van der Waals surface area contributed by atoms with Crippen LogP contribution in [0.5, 0.6) is 5.75 Å². The third kappa shape index (κ3) is 3.73. The Bertz CT molecular complexity index is 1170. The van der Waals surface area contributed by atoms with Crippen LogP contribution in [0.3, 0.4) is 0 Å². The number of aromatic nitrogens is 2. The Balaban J connectivity index is 1.42. The van der Waals surface area contributed by atoms with Crippen molar-refractivity contribution in [2.45, 2.75) is 32.1 Å². The SMILES string of the molecule is COc1cc(Nc2nc3c(s2)CCCC3c2ccccc2)ccc1-c1cnc(C)s1. The monoisotopic (exact) mass is 433 g/mol. The average Bonchev–Trinajstić information content (AvgIpc) is 3.39. The molecule has 0 fully saturated rings. The Morgan fingerprint density at radius 1 is 1.10 bits per heavy atom. The van der Waals surface area contributed by atoms with Crippen LogP contribution in [0.15, 0.2) is 54.7 Å². The van der Waals surface area contributed by atoms with Gasteiger partial charge in [-0.15, -0.1) is 22.7 Å². The second-order valence-corrected chi connectivity index (χ2v) is 9.78. The van der Waals surface area contributed by atoms with E-state index in [0.717, 1.165) is 44.9 Å². The topological polar surface area (TPSA) is 47.0 Å². The smallest absolute Gasteiger partial charge is 0.187 e. The minimum Gasteiger partial charge on any atom is -0.496 e. The Hall–Kier alpha value is -2.70. The zero-order chi connectivity index (χ0) is 20.5. The van der Waals surface area contributed by atoms with E-state index in [1.807, 2.05) is 19.2 Å². The lowest BCUT2D eigenvalue weighted by Crippen LogP contribution is -2.09. The summed E-state index contributed by atoms with van der Waals surface area (Å²) < 4.78 is 5.67. The molecule has 0 radical (unpaired) electrons. The van der Waals surface area contributed by atoms with Gasteiger partial charge in [0.1, 0.15) is 5.75 Å². The van der Waals surface area contributed by atoms with Crippen molar-refractivity contribution in [3.05, 3.63) is 75.9 Å². The van der Waals surface area contributed by atoms with E-state index in [1.165, 1.54) is 22.6 Å². The van der Waals surface area contributed by atoms with Gasteiger partial charge >= 0.3 is 0 Å². The van der Waals surface area contributed by atoms with Crippen LogP contribution in [0, 0.1) is 6.92 Å². The highest BCUT2D eigenvalue weighted by Crippen LogP contribution is 2.41. The number of ether oxygens (including phenoxy) is 1. The van der Waals surface area contributed by atoms with Gasteiger partial charge in [-0.3, -0.25) is 0 Å². The average molecular weight is 434 g/mol. The maximum absolute atomic E-state index is 5.67. The summed E-state index contributed by atoms with van der Waals surface area (Å²) in [5.74, 6) is 1.24. The van der Waals surface area contributed by atoms with Gasteiger partial charge in [0, 0.05) is 34.3 Å². The predicted molar refractivity (Wildman–Crippen MR) is 125 cm³/mol. The van der Waals surface area contributed by atoms with Crippen LogP contribution >= 0.6 is 22.7 Å². The lowest BCUT2D eigenvalue weighted by Gasteiger charge is -2.21. The molecule has 0 bridgehead atoms. The number of anilines is 2. The lowest BCUT2D eigenvalue weighted by molar-refractivity contribution is 0.417. The molecule has 1 aliphatic carbocycles. The molecule has 30 heavy (non-hydrogen) atoms. The first-order valence-electron chi connectivity index (χ1n) is 10.1. The molecule has 0 saturated carbocycles. The first kappa shape index (κ1) is 19.3. The van der Waals surface area contributed by atoms with Gasteiger partial charge in [-0.25, -0.2) is 9.97 Å². The number of nitrogens with one attached hydrogen (secondary N) is 1. The number of benzene rings is 2. The second kappa shape index (κ2) is 8.20. The van der Waals surface area contributed by atoms with Crippen LogP contribution in [-0.4, -0.2) is 17.1 Å². The van der Waals surface area contributed by atoms with Crippen molar-refractivity contribution in [1.82, 2.24) is 9.97 Å². The van der Waals surface area contributed by atoms with Crippen molar-refractivity contribution in [2.24, 2.45) is 0 Å². The molecule has 5 rings (SSSR count). The van der Waals surface area contributed by atoms with E-state index < -0.39 is 0 Å². The molecule has 0 saturated heterocycles. The van der Waals surface area contributed by atoms with Crippen LogP contribution in [0.25, 0.3) is 10.4 Å². The number of methoxy groups -OCH3 is 1. The summed E-state index contributed by atoms with van der Waals surface area (Å²) in [6, 6.07) is 17.0. The van der Waals surface area contributed by atoms with Crippen molar-refractivity contribution in [2.75, 3.05) is 12.4 Å². The number of hydrogen-bond acceptors (Lipinski definition) is 6. The largest absolute Gasteiger partial charge is 0.496 e. The van der Waals surface area contributed by atoms with E-state index in [9.17, 15) is 0 Å². The highest BCUT2D eigenvalue weighted by Gasteiger charge is 2.26. The van der Waals surface area contributed by atoms with E-state index in [-0.39, 0.29) is 0 Å². The highest BCUT2D eigenvalue weighted by atomic mass is 32.1. The van der Waals surface area contributed by atoms with E-state index in [0.29, 0.717) is 5.92 Å². The number of rotatable bonds is 5. The molecule has 2 heterocycles. The van der Waals surface area contributed by atoms with Gasteiger partial charge in [-0.1, -0.05) is 30.3 Å². The van der Waals surface area contributed by atoms with Crippen molar-refractivity contribution in [3.8, 4) is 16.2 Å². The van der Waals surface area contributed by atoms with Gasteiger partial charge in [-0.05, 0) is 43.9 Å². The molecule has 1 unspecified atom stereocenters. The minimum atomic E-state index is 0.397. The van der Waals surface area contributed by atoms with E-state index in [2.05, 4.69) is 52.8 Å². The summed E-state index contributed by atoms with van der Waals surface area (Å²) in [6.07, 6.45) is 5.40. The fourth-order valence-corrected chi connectivity index (χ4v) is 5.96. The molecule has 1 atom stereocenters. The van der Waals surface area contributed by atoms with Crippen LogP contribution < -0.4 is 10.1 Å². The van der Waals surface area contributed by atoms with Crippen molar-refractivity contribution in [1.29, 1.82) is 0 Å². The van der Waals surface area contributed by atoms with E-state index in [4.69, 9.17) is 9.72 Å². The van der Waals surface area contributed by atoms with Crippen LogP contribution in [0.4, 0.5) is 10.8 Å². The number of fused-ring (bicyclic) bond motifs is 1. The Kier molecular flexibility index (Phi) is 5.27. The normalized spacial score (nSPS) is 15.6. The summed E-state index contributed by atoms with van der Waals surface area (Å²) >= 11 is 3.45. The standard InChI is InChI=1S/C24H23N3OS2/c1-15-25-14-22(29-15)19-12-11-17(13-20(19)28-2)26-24-27-23-18(9-6-10-21(23)30-24)16-7-4-3-5-8-16/h3-5,7-8,11-14,18H,6,9-10H2,1-2H3,(H,26,27). The number of aryl methyl sites for hydroxylation is 2. The summed E-state index contributed by atoms with van der Waals surface area (Å²) in [5, 5.41) is 5.51. The van der Waals surface area contributed by atoms with Gasteiger partial charge in [0.25, 0.3) is 0 Å². The van der Waals surface area contributed by atoms with Crippen LogP contribution in [0.1, 0.15) is 39.9 Å². The van der Waals surface area contributed by atoms with Crippen LogP contribution in [0.2, 0.25) is 0 Å². The van der Waals surface area contributed by atoms with Gasteiger partial charge in [0.15, 0.2) is 5.13 Å². The molecule has 2 aromatic carbocycles. The third-order valence-electron chi connectivity index (χ3n) is 5.50. The lowest BCUT2D eigenvalue weighted by atomic mass is 9.85. The molecule has 0 amide bonds. The Morgan fingerprint density at radius 2 is 1.97 bits per heavy atom. The molecular weight excluding hydrogens is 410 g/mol. The first-order valence-corrected chi connectivity index (χ1v) is 11.8. The van der Waals surface area contributed by atoms with Gasteiger partial charge < -0.3 is 10.1 Å². The molecule has 1 N–H and O–H groups in total. The maximum Gasteiger partial charge on any atom is 0.187 e. The van der Waals surface area contributed by atoms with Crippen molar-refractivity contribution >= 4 is 33.5 Å². The Labute approximate surface area is 184 Å². The molecule has 0 aliphatic heterocycles. The highest BCUT2D eigenvalue weighted by molar-refractivity contribution is 7.15. The summed E-state index contributed by atoms with van der Waals surface area (Å²) in [4.78, 5) is 11.9. The van der Waals surface area contributed by atoms with Gasteiger partial charge in [0.05, 0.1) is 22.7 Å². The predicted octanol–water partition coefficient (Wildman–Crippen LogP) is 6.80. The van der Waals surface area contributed by atoms with Crippen molar-refractivity contribution < 1.29 is 4.74 Å². The number of nitrogens with zero attached hydrogens (tertiary/aromatic N) is 2. The molecule has 0 spiro atoms. The quantitative estimate of drug-likeness (QED) is 0.376. The summed E-state index contributed by atoms with van der Waals surface area (Å²) in [6.45, 7) is 2.02. The second-order valence-electron chi connectivity index (χ2n) is 7.47. The van der Waals surface area contributed by atoms with Gasteiger partial charge in [-0.2, -0.15) is 0 Å². The fraction of sp³-hybridized carbons (Fsp3) is 0.250. The molecule has 6 heteroatoms. The molecular formula is C24H23N3OS2. The molecule has 4 nitrogen and oxygen atoms in total. The zero-order valence-corrected chi connectivity index (χ0v) is 18.6. The molecule has 2 aromatic heterocycles. The minimum absolute atomic E-state index is 0.397. The molecule has 1 aliphatic rings. The van der Waals surface area contributed by atoms with Crippen molar-refractivity contribution in [3.63, 3.8) is 0 Å². The van der Waals surface area contributed by atoms with Crippen LogP contribution in [-0.2, 0) is 6.42 Å². The Morgan fingerprint density at radius 3 is 2.73 bits per heavy atom. The number of hydrogen-bond donors (Lipinski definition) is 1. The third-order valence-corrected chi connectivity index (χ3v) is 7.49. The summed E-state index contributed by atoms with van der Waals surface area (Å²) in [7, 11) is 1.71. The zero-order valence-electron chi connectivity index (χ0n) is 17.0.